The van der Waals surface area contributed by atoms with Crippen LogP contribution in [0.4, 0.5) is 0 Å². The molecule has 0 spiro atoms. The van der Waals surface area contributed by atoms with Gasteiger partial charge in [0.15, 0.2) is 0 Å². The molecule has 0 unspecified atom stereocenters. The average Bonchev–Trinajstić information content (AvgIpc) is 1.67. The highest BCUT2D eigenvalue weighted by Crippen LogP contribution is 2.30. The van der Waals surface area contributed by atoms with Crippen molar-refractivity contribution >= 4 is 34.2 Å². The Morgan fingerprint density at radius 2 is 0.529 bits per heavy atom. The highest BCUT2D eigenvalue weighted by Gasteiger charge is 2.50. The molecule has 0 atom stereocenters. The van der Waals surface area contributed by atoms with Gasteiger partial charge in [-0.05, 0) is 52.4 Å². The Bertz CT molecular complexity index is 211. The van der Waals surface area contributed by atoms with Crippen molar-refractivity contribution in [2.45, 2.75) is 52.4 Å². The number of hydrogen-bond acceptors (Lipinski definition) is 5. The van der Waals surface area contributed by atoms with Gasteiger partial charge >= 0.3 is 34.2 Å². The molecule has 0 aliphatic carbocycles. The van der Waals surface area contributed by atoms with E-state index in [9.17, 15) is 0 Å². The van der Waals surface area contributed by atoms with Gasteiger partial charge in [-0.3, -0.25) is 0 Å². The van der Waals surface area contributed by atoms with Gasteiger partial charge in [-0.25, -0.2) is 0 Å². The quantitative estimate of drug-likeness (QED) is 0.696. The van der Waals surface area contributed by atoms with Crippen LogP contribution in [0.25, 0.3) is 0 Å². The standard InChI is InChI=1S/C8H24O4Si4.H3N/c1-13(2)9-14(3,4)11-16(7,8)12-15(5,6)10-13;/h1-8H3;1H3. The summed E-state index contributed by atoms with van der Waals surface area (Å²) in [6.07, 6.45) is 0. The lowest BCUT2D eigenvalue weighted by Crippen LogP contribution is -2.64. The lowest BCUT2D eigenvalue weighted by molar-refractivity contribution is 0.238. The normalized spacial score (nSPS) is 29.6. The molecule has 1 aliphatic rings. The Labute approximate surface area is 109 Å². The maximum atomic E-state index is 6.16. The summed E-state index contributed by atoms with van der Waals surface area (Å²) in [5.74, 6) is 0. The van der Waals surface area contributed by atoms with Crippen molar-refractivity contribution in [2.75, 3.05) is 0 Å². The highest BCUT2D eigenvalue weighted by atomic mass is 28.5. The van der Waals surface area contributed by atoms with Crippen LogP contribution in [0.5, 0.6) is 0 Å². The van der Waals surface area contributed by atoms with Crippen molar-refractivity contribution in [1.82, 2.24) is 6.15 Å². The molecule has 1 aliphatic heterocycles. The molecule has 1 rings (SSSR count). The summed E-state index contributed by atoms with van der Waals surface area (Å²) in [6, 6.07) is 0. The van der Waals surface area contributed by atoms with E-state index in [1.54, 1.807) is 0 Å². The van der Waals surface area contributed by atoms with E-state index in [0.29, 0.717) is 0 Å². The summed E-state index contributed by atoms with van der Waals surface area (Å²) in [5.41, 5.74) is 0. The van der Waals surface area contributed by atoms with Gasteiger partial charge in [0.25, 0.3) is 0 Å². The van der Waals surface area contributed by atoms with Gasteiger partial charge in [-0.1, -0.05) is 0 Å². The predicted molar refractivity (Wildman–Crippen MR) is 79.3 cm³/mol. The zero-order chi connectivity index (χ0) is 12.8. The second kappa shape index (κ2) is 4.98. The third-order valence-corrected chi connectivity index (χ3v) is 17.7. The molecule has 0 aromatic heterocycles. The van der Waals surface area contributed by atoms with E-state index in [1.165, 1.54) is 0 Å². The Balaban J connectivity index is 0.00000256. The molecule has 1 saturated heterocycles. The molecule has 0 amide bonds. The lowest BCUT2D eigenvalue weighted by atomic mass is 11.9. The topological polar surface area (TPSA) is 71.9 Å². The molecule has 0 bridgehead atoms. The Morgan fingerprint density at radius 3 is 0.647 bits per heavy atom. The summed E-state index contributed by atoms with van der Waals surface area (Å²) in [5, 5.41) is 0. The molecule has 1 heterocycles. The molecule has 1 fully saturated rings. The van der Waals surface area contributed by atoms with E-state index < -0.39 is 34.2 Å². The second-order valence-corrected chi connectivity index (χ2v) is 20.5. The van der Waals surface area contributed by atoms with Crippen molar-refractivity contribution in [3.63, 3.8) is 0 Å². The van der Waals surface area contributed by atoms with Gasteiger partial charge in [-0.2, -0.15) is 0 Å². The van der Waals surface area contributed by atoms with Crippen molar-refractivity contribution in [3.8, 4) is 0 Å². The minimum Gasteiger partial charge on any atom is -0.416 e. The first-order chi connectivity index (χ1) is 6.83. The second-order valence-electron chi connectivity index (χ2n) is 6.01. The van der Waals surface area contributed by atoms with Gasteiger partial charge in [0.05, 0.1) is 0 Å². The van der Waals surface area contributed by atoms with Crippen LogP contribution in [0.2, 0.25) is 52.4 Å². The first-order valence-electron chi connectivity index (χ1n) is 5.63. The monoisotopic (exact) mass is 313 g/mol. The smallest absolute Gasteiger partial charge is 0.314 e. The summed E-state index contributed by atoms with van der Waals surface area (Å²) >= 11 is 0. The van der Waals surface area contributed by atoms with Gasteiger partial charge in [-0.15, -0.1) is 0 Å². The number of hydrogen-bond donors (Lipinski definition) is 1. The summed E-state index contributed by atoms with van der Waals surface area (Å²) in [4.78, 5) is 0. The molecule has 17 heavy (non-hydrogen) atoms. The molecule has 0 aromatic rings. The fourth-order valence-electron chi connectivity index (χ4n) is 2.45. The molecule has 9 heteroatoms. The van der Waals surface area contributed by atoms with E-state index in [-0.39, 0.29) is 6.15 Å². The van der Waals surface area contributed by atoms with Gasteiger partial charge in [0.2, 0.25) is 0 Å². The summed E-state index contributed by atoms with van der Waals surface area (Å²) < 4.78 is 24.6. The molecule has 0 radical (unpaired) electrons. The molecule has 0 aromatic carbocycles. The van der Waals surface area contributed by atoms with E-state index in [2.05, 4.69) is 52.4 Å². The average molecular weight is 314 g/mol. The van der Waals surface area contributed by atoms with Crippen LogP contribution in [-0.2, 0) is 16.5 Å². The van der Waals surface area contributed by atoms with Crippen molar-refractivity contribution < 1.29 is 16.5 Å². The van der Waals surface area contributed by atoms with E-state index in [0.717, 1.165) is 0 Å². The van der Waals surface area contributed by atoms with Crippen molar-refractivity contribution in [1.29, 1.82) is 0 Å². The maximum absolute atomic E-state index is 6.16. The zero-order valence-electron chi connectivity index (χ0n) is 12.3. The van der Waals surface area contributed by atoms with Gasteiger partial charge < -0.3 is 22.6 Å². The largest absolute Gasteiger partial charge is 0.416 e. The fourth-order valence-corrected chi connectivity index (χ4v) is 23.6. The van der Waals surface area contributed by atoms with E-state index in [4.69, 9.17) is 16.5 Å². The van der Waals surface area contributed by atoms with Gasteiger partial charge in [0, 0.05) is 0 Å². The lowest BCUT2D eigenvalue weighted by Gasteiger charge is -2.46. The number of rotatable bonds is 0. The van der Waals surface area contributed by atoms with Crippen LogP contribution >= 0.6 is 0 Å². The van der Waals surface area contributed by atoms with Crippen molar-refractivity contribution in [2.24, 2.45) is 0 Å². The molecule has 0 saturated carbocycles. The molecule has 5 nitrogen and oxygen atoms in total. The molecular weight excluding hydrogens is 286 g/mol. The van der Waals surface area contributed by atoms with Gasteiger partial charge in [0.1, 0.15) is 0 Å². The van der Waals surface area contributed by atoms with Crippen LogP contribution in [0, 0.1) is 0 Å². The Hall–Kier alpha value is 0.668. The van der Waals surface area contributed by atoms with E-state index in [1.807, 2.05) is 0 Å². The van der Waals surface area contributed by atoms with Crippen LogP contribution in [-0.4, -0.2) is 34.2 Å². The predicted octanol–water partition coefficient (Wildman–Crippen LogP) is 3.04. The zero-order valence-corrected chi connectivity index (χ0v) is 16.3. The summed E-state index contributed by atoms with van der Waals surface area (Å²) in [6.45, 7) is 16.6. The first kappa shape index (κ1) is 17.7. The highest BCUT2D eigenvalue weighted by molar-refractivity contribution is 6.92. The molecule has 3 N–H and O–H groups in total. The fraction of sp³-hybridized carbons (Fsp3) is 1.00. The van der Waals surface area contributed by atoms with Crippen LogP contribution in [0.3, 0.4) is 0 Å². The minimum absolute atomic E-state index is 0. The third kappa shape index (κ3) is 5.89. The Morgan fingerprint density at radius 1 is 0.412 bits per heavy atom. The Kier molecular flexibility index (Phi) is 5.17. The molecular formula is C8H27NO4Si4. The van der Waals surface area contributed by atoms with Crippen LogP contribution < -0.4 is 6.15 Å². The summed E-state index contributed by atoms with van der Waals surface area (Å²) in [7, 11) is -8.44. The third-order valence-electron chi connectivity index (χ3n) is 1.97. The van der Waals surface area contributed by atoms with Crippen molar-refractivity contribution in [3.05, 3.63) is 0 Å². The van der Waals surface area contributed by atoms with E-state index >= 15 is 0 Å². The molecule has 104 valence electrons. The van der Waals surface area contributed by atoms with Crippen LogP contribution in [0.1, 0.15) is 0 Å². The minimum atomic E-state index is -2.11. The van der Waals surface area contributed by atoms with Crippen LogP contribution in [0.15, 0.2) is 0 Å². The first-order valence-corrected chi connectivity index (χ1v) is 16.9. The maximum Gasteiger partial charge on any atom is 0.314 e. The SMILES string of the molecule is C[Si]1(C)O[Si](C)(C)O[Si](C)(C)O[Si](C)(C)O1.N.